The van der Waals surface area contributed by atoms with Crippen molar-refractivity contribution in [2.75, 3.05) is 28.7 Å². The van der Waals surface area contributed by atoms with E-state index in [1.54, 1.807) is 4.90 Å². The lowest BCUT2D eigenvalue weighted by molar-refractivity contribution is -0.141. The van der Waals surface area contributed by atoms with Crippen molar-refractivity contribution in [1.82, 2.24) is 20.3 Å². The van der Waals surface area contributed by atoms with E-state index in [1.165, 1.54) is 6.07 Å². The van der Waals surface area contributed by atoms with E-state index in [2.05, 4.69) is 20.6 Å². The second-order valence-electron chi connectivity index (χ2n) is 9.35. The summed E-state index contributed by atoms with van der Waals surface area (Å²) < 4.78 is 37.9. The highest BCUT2D eigenvalue weighted by Crippen LogP contribution is 2.40. The number of rotatable bonds is 5. The van der Waals surface area contributed by atoms with E-state index >= 15 is 0 Å². The molecule has 4 heterocycles. The maximum Gasteiger partial charge on any atom is 0.433 e. The molecule has 1 aliphatic carbocycles. The van der Waals surface area contributed by atoms with Crippen LogP contribution in [-0.2, 0) is 28.6 Å². The third-order valence-corrected chi connectivity index (χ3v) is 6.86. The fourth-order valence-electron chi connectivity index (χ4n) is 4.76. The monoisotopic (exact) mass is 489 g/mol. The molecular formula is C23H26F3N7O2. The Balaban J connectivity index is 1.16. The third kappa shape index (κ3) is 4.48. The summed E-state index contributed by atoms with van der Waals surface area (Å²) in [5, 5.41) is 6.25. The lowest BCUT2D eigenvalue weighted by Gasteiger charge is -2.42. The molecule has 2 aliphatic heterocycles. The van der Waals surface area contributed by atoms with Crippen LogP contribution in [0.5, 0.6) is 0 Å². The van der Waals surface area contributed by atoms with Crippen LogP contribution < -0.4 is 20.4 Å². The number of nitrogens with zero attached hydrogens (tertiary/aromatic N) is 5. The molecule has 0 bridgehead atoms. The maximum absolute atomic E-state index is 12.7. The summed E-state index contributed by atoms with van der Waals surface area (Å²) in [7, 11) is 1.86. The molecule has 2 aromatic rings. The van der Waals surface area contributed by atoms with Gasteiger partial charge in [0.25, 0.3) is 0 Å². The maximum atomic E-state index is 12.7. The van der Waals surface area contributed by atoms with Gasteiger partial charge in [0, 0.05) is 31.9 Å². The molecule has 0 radical (unpaired) electrons. The number of halogens is 3. The predicted octanol–water partition coefficient (Wildman–Crippen LogP) is 2.31. The average Bonchev–Trinajstić information content (AvgIpc) is 2.79. The van der Waals surface area contributed by atoms with E-state index in [9.17, 15) is 22.8 Å². The lowest BCUT2D eigenvalue weighted by Crippen LogP contribution is -2.53. The van der Waals surface area contributed by atoms with Gasteiger partial charge in [-0.2, -0.15) is 18.2 Å². The van der Waals surface area contributed by atoms with Crippen LogP contribution in [0.15, 0.2) is 18.3 Å². The first-order chi connectivity index (χ1) is 16.6. The fourth-order valence-corrected chi connectivity index (χ4v) is 4.76. The number of amides is 2. The molecule has 0 spiro atoms. The highest BCUT2D eigenvalue weighted by molar-refractivity contribution is 6.05. The quantitative estimate of drug-likeness (QED) is 0.665. The van der Waals surface area contributed by atoms with Gasteiger partial charge in [-0.3, -0.25) is 14.6 Å². The number of hydrogen-bond donors (Lipinski definition) is 2. The van der Waals surface area contributed by atoms with E-state index < -0.39 is 11.9 Å². The summed E-state index contributed by atoms with van der Waals surface area (Å²) in [4.78, 5) is 41.4. The van der Waals surface area contributed by atoms with Gasteiger partial charge in [-0.1, -0.05) is 6.07 Å². The molecule has 9 nitrogen and oxygen atoms in total. The van der Waals surface area contributed by atoms with Crippen molar-refractivity contribution < 1.29 is 22.8 Å². The van der Waals surface area contributed by atoms with Crippen LogP contribution in [0.3, 0.4) is 0 Å². The largest absolute Gasteiger partial charge is 0.433 e. The second-order valence-corrected chi connectivity index (χ2v) is 9.35. The third-order valence-electron chi connectivity index (χ3n) is 6.86. The summed E-state index contributed by atoms with van der Waals surface area (Å²) in [6.07, 6.45) is -0.437. The molecule has 1 atom stereocenters. The van der Waals surface area contributed by atoms with Gasteiger partial charge in [0.1, 0.15) is 17.4 Å². The molecule has 0 aromatic carbocycles. The van der Waals surface area contributed by atoms with Gasteiger partial charge in [-0.05, 0) is 44.2 Å². The minimum Gasteiger partial charge on any atom is -0.353 e. The standard InChI is InChI=1S/C23H26F3N7O2/c1-12-21(35)33-7-3-4-16-19(33)20(32(12)2)31-22(30-16)29-15-9-14(10-15)28-18(34)8-13-5-6-17(27-11-13)23(24,25)26/h5-6,11-12,14-15H,3-4,7-10H2,1-2H3,(H,28,34)(H,29,30,31)/t12-,14-,15-/m0/s1. The summed E-state index contributed by atoms with van der Waals surface area (Å²) in [6, 6.07) is 1.91. The second kappa shape index (κ2) is 8.65. The van der Waals surface area contributed by atoms with E-state index in [0.29, 0.717) is 30.9 Å². The highest BCUT2D eigenvalue weighted by Gasteiger charge is 2.39. The average molecular weight is 490 g/mol. The predicted molar refractivity (Wildman–Crippen MR) is 122 cm³/mol. The Bertz CT molecular complexity index is 1150. The summed E-state index contributed by atoms with van der Waals surface area (Å²) in [5.41, 5.74) is 1.12. The molecule has 186 valence electrons. The first-order valence-corrected chi connectivity index (χ1v) is 11.6. The van der Waals surface area contributed by atoms with Gasteiger partial charge in [-0.25, -0.2) is 4.98 Å². The van der Waals surface area contributed by atoms with Crippen LogP contribution in [0.4, 0.5) is 30.6 Å². The summed E-state index contributed by atoms with van der Waals surface area (Å²) in [5.74, 6) is 1.07. The Kier molecular flexibility index (Phi) is 5.76. The highest BCUT2D eigenvalue weighted by atomic mass is 19.4. The van der Waals surface area contributed by atoms with Crippen molar-refractivity contribution >= 4 is 29.3 Å². The molecule has 1 fully saturated rings. The smallest absolute Gasteiger partial charge is 0.353 e. The number of aryl methyl sites for hydroxylation is 1. The van der Waals surface area contributed by atoms with Crippen molar-refractivity contribution in [3.05, 3.63) is 35.3 Å². The van der Waals surface area contributed by atoms with Crippen molar-refractivity contribution in [2.24, 2.45) is 0 Å². The van der Waals surface area contributed by atoms with E-state index in [0.717, 1.165) is 42.3 Å². The van der Waals surface area contributed by atoms with E-state index in [1.807, 2.05) is 18.9 Å². The van der Waals surface area contributed by atoms with Gasteiger partial charge < -0.3 is 20.4 Å². The number of pyridine rings is 1. The molecule has 2 amide bonds. The Morgan fingerprint density at radius 3 is 2.66 bits per heavy atom. The number of likely N-dealkylation sites (N-methyl/N-ethyl adjacent to an activating group) is 1. The van der Waals surface area contributed by atoms with Crippen LogP contribution in [0, 0.1) is 0 Å². The topological polar surface area (TPSA) is 103 Å². The first-order valence-electron chi connectivity index (χ1n) is 11.6. The number of alkyl halides is 3. The molecule has 1 saturated carbocycles. The number of anilines is 3. The number of hydrogen-bond acceptors (Lipinski definition) is 7. The lowest BCUT2D eigenvalue weighted by atomic mass is 9.86. The van der Waals surface area contributed by atoms with Crippen molar-refractivity contribution in [2.45, 2.75) is 63.3 Å². The van der Waals surface area contributed by atoms with E-state index in [-0.39, 0.29) is 36.4 Å². The fraction of sp³-hybridized carbons (Fsp3) is 0.522. The van der Waals surface area contributed by atoms with Crippen LogP contribution in [0.2, 0.25) is 0 Å². The summed E-state index contributed by atoms with van der Waals surface area (Å²) in [6.45, 7) is 2.55. The van der Waals surface area contributed by atoms with Gasteiger partial charge in [-0.15, -0.1) is 0 Å². The van der Waals surface area contributed by atoms with Crippen LogP contribution in [-0.4, -0.2) is 58.5 Å². The molecule has 3 aliphatic rings. The number of aromatic nitrogens is 3. The minimum absolute atomic E-state index is 0.0310. The zero-order valence-corrected chi connectivity index (χ0v) is 19.4. The number of carbonyl (C=O) groups is 2. The Morgan fingerprint density at radius 2 is 1.97 bits per heavy atom. The van der Waals surface area contributed by atoms with Crippen LogP contribution in [0.1, 0.15) is 43.1 Å². The van der Waals surface area contributed by atoms with Crippen LogP contribution >= 0.6 is 0 Å². The Labute approximate surface area is 200 Å². The molecule has 35 heavy (non-hydrogen) atoms. The van der Waals surface area contributed by atoms with Crippen molar-refractivity contribution in [3.63, 3.8) is 0 Å². The molecule has 2 N–H and O–H groups in total. The zero-order valence-electron chi connectivity index (χ0n) is 19.4. The molecule has 5 rings (SSSR count). The Hall–Kier alpha value is -3.44. The number of nitrogens with one attached hydrogen (secondary N) is 2. The molecule has 2 aromatic heterocycles. The summed E-state index contributed by atoms with van der Waals surface area (Å²) >= 11 is 0. The Morgan fingerprint density at radius 1 is 1.20 bits per heavy atom. The SMILES string of the molecule is C[C@H]1C(=O)N2CCCc3nc(N[C@H]4C[C@H](NC(=O)Cc5ccc(C(F)(F)F)nc5)C4)nc(c32)N1C. The van der Waals surface area contributed by atoms with Gasteiger partial charge in [0.2, 0.25) is 17.8 Å². The van der Waals surface area contributed by atoms with Gasteiger partial charge >= 0.3 is 6.18 Å². The van der Waals surface area contributed by atoms with Crippen LogP contribution in [0.25, 0.3) is 0 Å². The van der Waals surface area contributed by atoms with Crippen molar-refractivity contribution in [1.29, 1.82) is 0 Å². The molecular weight excluding hydrogens is 463 g/mol. The molecule has 12 heteroatoms. The van der Waals surface area contributed by atoms with Crippen molar-refractivity contribution in [3.8, 4) is 0 Å². The van der Waals surface area contributed by atoms with E-state index in [4.69, 9.17) is 4.98 Å². The molecule has 0 unspecified atom stereocenters. The van der Waals surface area contributed by atoms with Gasteiger partial charge in [0.05, 0.1) is 12.1 Å². The first kappa shape index (κ1) is 23.3. The number of carbonyl (C=O) groups excluding carboxylic acids is 2. The normalized spacial score (nSPS) is 23.5. The van der Waals surface area contributed by atoms with Gasteiger partial charge in [0.15, 0.2) is 5.82 Å². The zero-order chi connectivity index (χ0) is 24.9. The molecule has 0 saturated heterocycles. The minimum atomic E-state index is -4.50.